The van der Waals surface area contributed by atoms with Crippen LogP contribution in [0.4, 0.5) is 4.79 Å². The van der Waals surface area contributed by atoms with Crippen molar-refractivity contribution in [1.29, 1.82) is 0 Å². The van der Waals surface area contributed by atoms with Gasteiger partial charge < -0.3 is 14.3 Å². The van der Waals surface area contributed by atoms with Gasteiger partial charge in [-0.05, 0) is 67.3 Å². The Morgan fingerprint density at radius 2 is 1.57 bits per heavy atom. The summed E-state index contributed by atoms with van der Waals surface area (Å²) in [6, 6.07) is 24.5. The minimum Gasteiger partial charge on any atom is -0.480 e. The molecule has 0 aliphatic heterocycles. The van der Waals surface area contributed by atoms with Crippen molar-refractivity contribution in [2.75, 3.05) is 6.54 Å². The van der Waals surface area contributed by atoms with Gasteiger partial charge in [-0.15, -0.1) is 0 Å². The van der Waals surface area contributed by atoms with Crippen molar-refractivity contribution in [2.45, 2.75) is 71.8 Å². The normalized spacial score (nSPS) is 10.6. The van der Waals surface area contributed by atoms with Gasteiger partial charge >= 0.3 is 12.1 Å². The minimum atomic E-state index is -1.11. The molecule has 3 aromatic carbocycles. The van der Waals surface area contributed by atoms with E-state index in [4.69, 9.17) is 9.15 Å². The summed E-state index contributed by atoms with van der Waals surface area (Å²) >= 11 is 0. The maximum atomic E-state index is 12.9. The van der Waals surface area contributed by atoms with E-state index in [1.165, 1.54) is 42.6 Å². The standard InChI is InChI=1S/C37H40N2O5/c1-3-4-5-6-7-9-13-29-22-24-33(25-23-29)44-37(42)39(27-35(40)41)26-31-20-18-30(19-21-31)14-12-17-34-28(2)43-36(38-34)32-15-10-8-11-16-32/h8,10-11,15-16,18-25H,3-7,9,13,17,26-27H2,1-2H3,(H,40,41). The van der Waals surface area contributed by atoms with Crippen LogP contribution in [0.5, 0.6) is 5.75 Å². The molecule has 228 valence electrons. The Bertz CT molecular complexity index is 1550. The van der Waals surface area contributed by atoms with Crippen molar-refractivity contribution in [3.63, 3.8) is 0 Å². The molecule has 0 unspecified atom stereocenters. The number of carboxylic acid groups (broad SMARTS) is 1. The summed E-state index contributed by atoms with van der Waals surface area (Å²) in [5.74, 6) is 6.87. The predicted molar refractivity (Wildman–Crippen MR) is 171 cm³/mol. The highest BCUT2D eigenvalue weighted by Gasteiger charge is 2.19. The smallest absolute Gasteiger partial charge is 0.416 e. The SMILES string of the molecule is CCCCCCCCc1ccc(OC(=O)N(CC(=O)O)Cc2ccc(C#CCc3nc(-c4ccccc4)oc3C)cc2)cc1. The quantitative estimate of drug-likeness (QED) is 0.117. The average molecular weight is 593 g/mol. The highest BCUT2D eigenvalue weighted by Crippen LogP contribution is 2.22. The van der Waals surface area contributed by atoms with Crippen LogP contribution < -0.4 is 4.74 Å². The lowest BCUT2D eigenvalue weighted by molar-refractivity contribution is -0.138. The number of carbonyl (C=O) groups is 2. The molecular weight excluding hydrogens is 552 g/mol. The fourth-order valence-electron chi connectivity index (χ4n) is 4.79. The first-order valence-corrected chi connectivity index (χ1v) is 15.3. The molecule has 4 aromatic rings. The van der Waals surface area contributed by atoms with E-state index in [2.05, 4.69) is 23.7 Å². The van der Waals surface area contributed by atoms with Crippen LogP contribution in [0.3, 0.4) is 0 Å². The van der Waals surface area contributed by atoms with Gasteiger partial charge in [0.05, 0.1) is 12.1 Å². The zero-order valence-corrected chi connectivity index (χ0v) is 25.6. The van der Waals surface area contributed by atoms with Gasteiger partial charge in [-0.2, -0.15) is 0 Å². The van der Waals surface area contributed by atoms with Crippen LogP contribution in [0.15, 0.2) is 83.3 Å². The third-order valence-corrected chi connectivity index (χ3v) is 7.26. The first-order valence-electron chi connectivity index (χ1n) is 15.3. The lowest BCUT2D eigenvalue weighted by Gasteiger charge is -2.20. The topological polar surface area (TPSA) is 92.9 Å². The third-order valence-electron chi connectivity index (χ3n) is 7.26. The van der Waals surface area contributed by atoms with Crippen LogP contribution in [-0.2, 0) is 24.2 Å². The molecule has 0 saturated carbocycles. The van der Waals surface area contributed by atoms with Crippen LogP contribution in [0, 0.1) is 18.8 Å². The number of aromatic nitrogens is 1. The van der Waals surface area contributed by atoms with Crippen LogP contribution in [-0.4, -0.2) is 33.6 Å². The molecule has 0 atom stereocenters. The molecule has 0 aliphatic carbocycles. The Labute approximate surface area is 259 Å². The first kappa shape index (κ1) is 32.1. The summed E-state index contributed by atoms with van der Waals surface area (Å²) in [5.41, 5.74) is 4.47. The molecule has 1 amide bonds. The Hall–Kier alpha value is -4.83. The molecular formula is C37H40N2O5. The number of amides is 1. The van der Waals surface area contributed by atoms with Crippen molar-refractivity contribution < 1.29 is 23.8 Å². The summed E-state index contributed by atoms with van der Waals surface area (Å²) in [6.45, 7) is 3.72. The van der Waals surface area contributed by atoms with Crippen molar-refractivity contribution in [2.24, 2.45) is 0 Å². The number of rotatable bonds is 14. The van der Waals surface area contributed by atoms with E-state index in [1.807, 2.05) is 73.7 Å². The van der Waals surface area contributed by atoms with E-state index in [1.54, 1.807) is 12.1 Å². The molecule has 0 fully saturated rings. The number of nitrogens with zero attached hydrogens (tertiary/aromatic N) is 2. The van der Waals surface area contributed by atoms with Gasteiger partial charge in [0.25, 0.3) is 0 Å². The molecule has 0 saturated heterocycles. The first-order chi connectivity index (χ1) is 21.4. The van der Waals surface area contributed by atoms with Crippen LogP contribution in [0.25, 0.3) is 11.5 Å². The zero-order chi connectivity index (χ0) is 31.1. The van der Waals surface area contributed by atoms with Gasteiger partial charge in [0.2, 0.25) is 5.89 Å². The summed E-state index contributed by atoms with van der Waals surface area (Å²) in [4.78, 5) is 30.2. The molecule has 1 N–H and O–H groups in total. The van der Waals surface area contributed by atoms with Crippen LogP contribution >= 0.6 is 0 Å². The van der Waals surface area contributed by atoms with E-state index in [-0.39, 0.29) is 6.54 Å². The zero-order valence-electron chi connectivity index (χ0n) is 25.6. The number of aliphatic carboxylic acids is 1. The Balaban J connectivity index is 1.30. The predicted octanol–water partition coefficient (Wildman–Crippen LogP) is 8.23. The molecule has 0 spiro atoms. The van der Waals surface area contributed by atoms with Crippen LogP contribution in [0.1, 0.15) is 73.6 Å². The molecule has 7 nitrogen and oxygen atoms in total. The van der Waals surface area contributed by atoms with Crippen molar-refractivity contribution in [1.82, 2.24) is 9.88 Å². The third kappa shape index (κ3) is 10.2. The number of oxazole rings is 1. The van der Waals surface area contributed by atoms with Gasteiger partial charge in [-0.25, -0.2) is 9.78 Å². The second-order valence-corrected chi connectivity index (χ2v) is 10.8. The highest BCUT2D eigenvalue weighted by atomic mass is 16.6. The molecule has 44 heavy (non-hydrogen) atoms. The number of hydrogen-bond acceptors (Lipinski definition) is 5. The summed E-state index contributed by atoms with van der Waals surface area (Å²) < 4.78 is 11.3. The molecule has 0 aliphatic rings. The largest absolute Gasteiger partial charge is 0.480 e. The van der Waals surface area contributed by atoms with E-state index in [0.717, 1.165) is 41.0 Å². The molecule has 1 aromatic heterocycles. The summed E-state index contributed by atoms with van der Waals surface area (Å²) in [7, 11) is 0. The van der Waals surface area contributed by atoms with Crippen molar-refractivity contribution in [3.8, 4) is 29.0 Å². The summed E-state index contributed by atoms with van der Waals surface area (Å²) in [5, 5.41) is 9.41. The van der Waals surface area contributed by atoms with E-state index in [9.17, 15) is 14.7 Å². The molecule has 0 radical (unpaired) electrons. The number of aryl methyl sites for hydroxylation is 2. The van der Waals surface area contributed by atoms with E-state index in [0.29, 0.717) is 18.1 Å². The van der Waals surface area contributed by atoms with Gasteiger partial charge in [-0.3, -0.25) is 9.69 Å². The Morgan fingerprint density at radius 3 is 2.27 bits per heavy atom. The number of hydrogen-bond donors (Lipinski definition) is 1. The number of unbranched alkanes of at least 4 members (excludes halogenated alkanes) is 5. The Morgan fingerprint density at radius 1 is 0.886 bits per heavy atom. The molecule has 4 rings (SSSR count). The lowest BCUT2D eigenvalue weighted by atomic mass is 10.0. The number of benzene rings is 3. The number of ether oxygens (including phenoxy) is 1. The van der Waals surface area contributed by atoms with Gasteiger partial charge in [-0.1, -0.05) is 93.3 Å². The summed E-state index contributed by atoms with van der Waals surface area (Å²) in [6.07, 6.45) is 8.16. The second kappa shape index (κ2) is 16.7. The maximum Gasteiger partial charge on any atom is 0.416 e. The van der Waals surface area contributed by atoms with E-state index < -0.39 is 18.6 Å². The molecule has 7 heteroatoms. The molecule has 0 bridgehead atoms. The van der Waals surface area contributed by atoms with Crippen LogP contribution in [0.2, 0.25) is 0 Å². The second-order valence-electron chi connectivity index (χ2n) is 10.8. The van der Waals surface area contributed by atoms with Crippen molar-refractivity contribution >= 4 is 12.1 Å². The number of carbonyl (C=O) groups excluding carboxylic acids is 1. The molecule has 1 heterocycles. The highest BCUT2D eigenvalue weighted by molar-refractivity contribution is 5.78. The van der Waals surface area contributed by atoms with Gasteiger partial charge in [0.1, 0.15) is 18.1 Å². The fourth-order valence-corrected chi connectivity index (χ4v) is 4.79. The van der Waals surface area contributed by atoms with E-state index >= 15 is 0 Å². The van der Waals surface area contributed by atoms with Gasteiger partial charge in [0.15, 0.2) is 0 Å². The average Bonchev–Trinajstić information content (AvgIpc) is 3.40. The van der Waals surface area contributed by atoms with Gasteiger partial charge in [0, 0.05) is 17.7 Å². The Kier molecular flexibility index (Phi) is 12.2. The van der Waals surface area contributed by atoms with Crippen molar-refractivity contribution in [3.05, 3.63) is 107 Å². The monoisotopic (exact) mass is 592 g/mol. The fraction of sp³-hybridized carbons (Fsp3) is 0.324. The maximum absolute atomic E-state index is 12.9. The minimum absolute atomic E-state index is 0.0926. The number of carboxylic acids is 1. The lowest BCUT2D eigenvalue weighted by Crippen LogP contribution is -2.37.